The molecule has 74 valence electrons. The second-order valence-electron chi connectivity index (χ2n) is 2.90. The predicted octanol–water partition coefficient (Wildman–Crippen LogP) is 2.15. The van der Waals surface area contributed by atoms with E-state index in [1.54, 1.807) is 10.8 Å². The number of para-hydroxylation sites is 1. The Balaban J connectivity index is 0.000000980. The maximum absolute atomic E-state index is 10.5. The van der Waals surface area contributed by atoms with E-state index in [0.717, 1.165) is 10.9 Å². The van der Waals surface area contributed by atoms with Gasteiger partial charge in [0, 0.05) is 11.7 Å². The molecule has 1 aromatic heterocycles. The molecular weight excluding hydrogens is 202 g/mol. The Morgan fingerprint density at radius 3 is 2.71 bits per heavy atom. The molecule has 4 heteroatoms. The van der Waals surface area contributed by atoms with Crippen molar-refractivity contribution in [3.8, 4) is 0 Å². The molecule has 14 heavy (non-hydrogen) atoms. The number of aliphatic carboxylic acids is 1. The van der Waals surface area contributed by atoms with Gasteiger partial charge < -0.3 is 9.67 Å². The number of nitrogens with zero attached hydrogens (tertiary/aromatic N) is 1. The highest BCUT2D eigenvalue weighted by atomic mass is 35.5. The van der Waals surface area contributed by atoms with Crippen LogP contribution < -0.4 is 0 Å². The summed E-state index contributed by atoms with van der Waals surface area (Å²) in [6.45, 7) is 0.0213. The molecule has 0 bridgehead atoms. The van der Waals surface area contributed by atoms with Gasteiger partial charge >= 0.3 is 5.97 Å². The summed E-state index contributed by atoms with van der Waals surface area (Å²) in [4.78, 5) is 10.5. The Morgan fingerprint density at radius 2 is 2.00 bits per heavy atom. The number of hydrogen-bond donors (Lipinski definition) is 1. The lowest BCUT2D eigenvalue weighted by Crippen LogP contribution is -2.06. The first kappa shape index (κ1) is 10.6. The van der Waals surface area contributed by atoms with Crippen LogP contribution in [0.2, 0.25) is 0 Å². The van der Waals surface area contributed by atoms with Gasteiger partial charge in [0.25, 0.3) is 0 Å². The van der Waals surface area contributed by atoms with Crippen LogP contribution in [0, 0.1) is 0 Å². The van der Waals surface area contributed by atoms with E-state index in [-0.39, 0.29) is 19.0 Å². The zero-order valence-corrected chi connectivity index (χ0v) is 8.20. The molecule has 0 saturated carbocycles. The number of halogens is 1. The molecule has 0 radical (unpaired) electrons. The van der Waals surface area contributed by atoms with Gasteiger partial charge in [0.1, 0.15) is 6.54 Å². The van der Waals surface area contributed by atoms with Gasteiger partial charge in [-0.3, -0.25) is 4.79 Å². The number of benzene rings is 1. The lowest BCUT2D eigenvalue weighted by Gasteiger charge is -1.99. The first-order chi connectivity index (χ1) is 6.27. The van der Waals surface area contributed by atoms with Gasteiger partial charge in [0.05, 0.1) is 0 Å². The lowest BCUT2D eigenvalue weighted by molar-refractivity contribution is -0.137. The zero-order valence-electron chi connectivity index (χ0n) is 7.38. The molecule has 2 aromatic rings. The lowest BCUT2D eigenvalue weighted by atomic mass is 10.2. The molecule has 0 aliphatic carbocycles. The van der Waals surface area contributed by atoms with Gasteiger partial charge in [-0.15, -0.1) is 12.4 Å². The molecule has 0 amide bonds. The van der Waals surface area contributed by atoms with Gasteiger partial charge in [-0.2, -0.15) is 0 Å². The third-order valence-electron chi connectivity index (χ3n) is 1.99. The van der Waals surface area contributed by atoms with Crippen molar-refractivity contribution < 1.29 is 9.90 Å². The number of carboxylic acid groups (broad SMARTS) is 1. The first-order valence-corrected chi connectivity index (χ1v) is 4.03. The number of carboxylic acids is 1. The highest BCUT2D eigenvalue weighted by Gasteiger charge is 2.02. The van der Waals surface area contributed by atoms with Crippen LogP contribution in [0.3, 0.4) is 0 Å². The summed E-state index contributed by atoms with van der Waals surface area (Å²) in [5, 5.41) is 9.70. The standard InChI is InChI=1S/C10H9NO2.ClH/c12-10(13)7-11-6-5-8-3-1-2-4-9(8)11;/h1-6H,7H2,(H,12,13);1H. The fourth-order valence-corrected chi connectivity index (χ4v) is 1.42. The van der Waals surface area contributed by atoms with Crippen LogP contribution in [-0.4, -0.2) is 15.6 Å². The predicted molar refractivity (Wildman–Crippen MR) is 56.8 cm³/mol. The van der Waals surface area contributed by atoms with E-state index in [1.165, 1.54) is 0 Å². The second kappa shape index (κ2) is 4.15. The third kappa shape index (κ3) is 1.88. The van der Waals surface area contributed by atoms with E-state index in [4.69, 9.17) is 5.11 Å². The molecule has 3 nitrogen and oxygen atoms in total. The minimum absolute atomic E-state index is 0. The number of aromatic nitrogens is 1. The van der Waals surface area contributed by atoms with Crippen molar-refractivity contribution in [2.24, 2.45) is 0 Å². The number of fused-ring (bicyclic) bond motifs is 1. The molecule has 0 atom stereocenters. The topological polar surface area (TPSA) is 42.2 Å². The molecule has 0 saturated heterocycles. The average molecular weight is 212 g/mol. The van der Waals surface area contributed by atoms with E-state index in [0.29, 0.717) is 0 Å². The van der Waals surface area contributed by atoms with E-state index in [1.807, 2.05) is 30.3 Å². The molecule has 1 aromatic carbocycles. The van der Waals surface area contributed by atoms with Gasteiger partial charge in [0.2, 0.25) is 0 Å². The van der Waals surface area contributed by atoms with E-state index in [9.17, 15) is 4.79 Å². The Hall–Kier alpha value is -1.48. The molecule has 0 unspecified atom stereocenters. The molecule has 0 aliphatic rings. The summed E-state index contributed by atoms with van der Waals surface area (Å²) >= 11 is 0. The van der Waals surface area contributed by atoms with Crippen molar-refractivity contribution in [2.75, 3.05) is 0 Å². The zero-order chi connectivity index (χ0) is 9.26. The molecular formula is C10H10ClNO2. The van der Waals surface area contributed by atoms with E-state index < -0.39 is 5.97 Å². The molecule has 1 heterocycles. The van der Waals surface area contributed by atoms with Crippen LogP contribution in [0.1, 0.15) is 0 Å². The largest absolute Gasteiger partial charge is 0.480 e. The highest BCUT2D eigenvalue weighted by molar-refractivity contribution is 5.85. The van der Waals surface area contributed by atoms with Crippen molar-refractivity contribution in [3.63, 3.8) is 0 Å². The maximum atomic E-state index is 10.5. The van der Waals surface area contributed by atoms with Crippen molar-refractivity contribution in [3.05, 3.63) is 36.5 Å². The Morgan fingerprint density at radius 1 is 1.29 bits per heavy atom. The monoisotopic (exact) mass is 211 g/mol. The van der Waals surface area contributed by atoms with Crippen LogP contribution in [0.15, 0.2) is 36.5 Å². The quantitative estimate of drug-likeness (QED) is 0.827. The number of carbonyl (C=O) groups is 1. The Labute approximate surface area is 87.4 Å². The van der Waals surface area contributed by atoms with Gasteiger partial charge in [-0.1, -0.05) is 18.2 Å². The van der Waals surface area contributed by atoms with Crippen LogP contribution in [0.5, 0.6) is 0 Å². The average Bonchev–Trinajstić information content (AvgIpc) is 2.48. The summed E-state index contributed by atoms with van der Waals surface area (Å²) in [6.07, 6.45) is 1.79. The fourth-order valence-electron chi connectivity index (χ4n) is 1.42. The van der Waals surface area contributed by atoms with Crippen molar-refractivity contribution in [1.82, 2.24) is 4.57 Å². The smallest absolute Gasteiger partial charge is 0.323 e. The second-order valence-corrected chi connectivity index (χ2v) is 2.90. The minimum atomic E-state index is -0.818. The highest BCUT2D eigenvalue weighted by Crippen LogP contribution is 2.14. The summed E-state index contributed by atoms with van der Waals surface area (Å²) in [5.41, 5.74) is 0.963. The number of rotatable bonds is 2. The van der Waals surface area contributed by atoms with Gasteiger partial charge in [-0.05, 0) is 17.5 Å². The molecule has 0 aliphatic heterocycles. The third-order valence-corrected chi connectivity index (χ3v) is 1.99. The van der Waals surface area contributed by atoms with Crippen LogP contribution in [0.4, 0.5) is 0 Å². The van der Waals surface area contributed by atoms with Crippen molar-refractivity contribution in [1.29, 1.82) is 0 Å². The molecule has 1 N–H and O–H groups in total. The molecule has 0 fully saturated rings. The van der Waals surface area contributed by atoms with E-state index >= 15 is 0 Å². The maximum Gasteiger partial charge on any atom is 0.323 e. The molecule has 2 rings (SSSR count). The summed E-state index contributed by atoms with van der Waals surface area (Å²) in [5.74, 6) is -0.818. The fraction of sp³-hybridized carbons (Fsp3) is 0.100. The summed E-state index contributed by atoms with van der Waals surface area (Å²) < 4.78 is 1.72. The molecule has 0 spiro atoms. The van der Waals surface area contributed by atoms with Gasteiger partial charge in [0.15, 0.2) is 0 Å². The van der Waals surface area contributed by atoms with Crippen molar-refractivity contribution in [2.45, 2.75) is 6.54 Å². The first-order valence-electron chi connectivity index (χ1n) is 4.03. The van der Waals surface area contributed by atoms with Crippen LogP contribution >= 0.6 is 12.4 Å². The normalized spacial score (nSPS) is 9.71. The summed E-state index contributed by atoms with van der Waals surface area (Å²) in [7, 11) is 0. The Bertz CT molecular complexity index is 450. The SMILES string of the molecule is Cl.O=C(O)Cn1ccc2ccccc21. The minimum Gasteiger partial charge on any atom is -0.480 e. The van der Waals surface area contributed by atoms with Crippen molar-refractivity contribution >= 4 is 29.3 Å². The van der Waals surface area contributed by atoms with E-state index in [2.05, 4.69) is 0 Å². The summed E-state index contributed by atoms with van der Waals surface area (Å²) in [6, 6.07) is 9.64. The van der Waals surface area contributed by atoms with Gasteiger partial charge in [-0.25, -0.2) is 0 Å². The number of hydrogen-bond acceptors (Lipinski definition) is 1. The van der Waals surface area contributed by atoms with Crippen LogP contribution in [-0.2, 0) is 11.3 Å². The Kier molecular flexibility index (Phi) is 3.14. The van der Waals surface area contributed by atoms with Crippen LogP contribution in [0.25, 0.3) is 10.9 Å².